The summed E-state index contributed by atoms with van der Waals surface area (Å²) in [6, 6.07) is 15.1. The maximum absolute atomic E-state index is 13.1. The van der Waals surface area contributed by atoms with Crippen molar-refractivity contribution in [3.05, 3.63) is 87.6 Å². The summed E-state index contributed by atoms with van der Waals surface area (Å²) in [5.41, 5.74) is 3.54. The van der Waals surface area contributed by atoms with Gasteiger partial charge in [0.25, 0.3) is 5.91 Å². The zero-order valence-corrected chi connectivity index (χ0v) is 20.2. The highest BCUT2D eigenvalue weighted by Crippen LogP contribution is 2.26. The number of rotatable bonds is 8. The number of anilines is 1. The fourth-order valence-corrected chi connectivity index (χ4v) is 4.65. The first-order valence-corrected chi connectivity index (χ1v) is 12.3. The molecule has 0 aliphatic heterocycles. The Bertz CT molecular complexity index is 1300. The molecule has 7 nitrogen and oxygen atoms in total. The lowest BCUT2D eigenvalue weighted by Crippen LogP contribution is -2.24. The SMILES string of the molecule is Cc1cccc(-n2c(CNC(=O)c3cccs3)nnc2SCC(=O)Nc2ccc(F)cc2)c1C. The summed E-state index contributed by atoms with van der Waals surface area (Å²) in [5.74, 6) is -0.159. The molecule has 2 N–H and O–H groups in total. The molecule has 4 aromatic rings. The maximum Gasteiger partial charge on any atom is 0.261 e. The number of amides is 2. The van der Waals surface area contributed by atoms with Crippen molar-refractivity contribution in [3.8, 4) is 5.69 Å². The van der Waals surface area contributed by atoms with Gasteiger partial charge in [-0.2, -0.15) is 0 Å². The van der Waals surface area contributed by atoms with Crippen LogP contribution in [0.5, 0.6) is 0 Å². The summed E-state index contributed by atoms with van der Waals surface area (Å²) in [5, 5.41) is 16.6. The Morgan fingerprint density at radius 3 is 2.59 bits per heavy atom. The second kappa shape index (κ2) is 10.6. The van der Waals surface area contributed by atoms with Crippen molar-refractivity contribution in [2.45, 2.75) is 25.5 Å². The lowest BCUT2D eigenvalue weighted by Gasteiger charge is -2.14. The predicted molar refractivity (Wildman–Crippen MR) is 132 cm³/mol. The molecule has 0 unspecified atom stereocenters. The van der Waals surface area contributed by atoms with Crippen molar-refractivity contribution >= 4 is 40.6 Å². The van der Waals surface area contributed by atoms with Crippen LogP contribution < -0.4 is 10.6 Å². The molecule has 4 rings (SSSR count). The second-order valence-electron chi connectivity index (χ2n) is 7.46. The van der Waals surface area contributed by atoms with Crippen LogP contribution in [-0.4, -0.2) is 32.3 Å². The largest absolute Gasteiger partial charge is 0.344 e. The average Bonchev–Trinajstić information content (AvgIpc) is 3.50. The molecule has 0 atom stereocenters. The maximum atomic E-state index is 13.1. The number of hydrogen-bond acceptors (Lipinski definition) is 6. The van der Waals surface area contributed by atoms with Crippen LogP contribution in [0.4, 0.5) is 10.1 Å². The van der Waals surface area contributed by atoms with Gasteiger partial charge in [-0.3, -0.25) is 14.2 Å². The first kappa shape index (κ1) is 23.7. The van der Waals surface area contributed by atoms with Crippen molar-refractivity contribution < 1.29 is 14.0 Å². The van der Waals surface area contributed by atoms with Gasteiger partial charge < -0.3 is 10.6 Å². The molecule has 0 bridgehead atoms. The van der Waals surface area contributed by atoms with Crippen LogP contribution in [-0.2, 0) is 11.3 Å². The Kier molecular flexibility index (Phi) is 7.39. The minimum Gasteiger partial charge on any atom is -0.344 e. The minimum atomic E-state index is -0.368. The smallest absolute Gasteiger partial charge is 0.261 e. The summed E-state index contributed by atoms with van der Waals surface area (Å²) >= 11 is 2.60. The fraction of sp³-hybridized carbons (Fsp3) is 0.167. The standard InChI is InChI=1S/C24H22FN5O2S2/c1-15-5-3-6-19(16(15)2)30-21(13-26-23(32)20-7-4-12-33-20)28-29-24(30)34-14-22(31)27-18-10-8-17(25)9-11-18/h3-12H,13-14H2,1-2H3,(H,26,32)(H,27,31). The Morgan fingerprint density at radius 1 is 1.06 bits per heavy atom. The molecule has 2 amide bonds. The highest BCUT2D eigenvalue weighted by Gasteiger charge is 2.19. The van der Waals surface area contributed by atoms with Crippen LogP contribution in [0.3, 0.4) is 0 Å². The van der Waals surface area contributed by atoms with E-state index in [-0.39, 0.29) is 29.9 Å². The highest BCUT2D eigenvalue weighted by molar-refractivity contribution is 7.99. The number of carbonyl (C=O) groups is 2. The molecule has 0 radical (unpaired) electrons. The third kappa shape index (κ3) is 5.52. The molecular weight excluding hydrogens is 473 g/mol. The number of aromatic nitrogens is 3. The molecule has 0 saturated carbocycles. The van der Waals surface area contributed by atoms with Gasteiger partial charge in [0.05, 0.1) is 22.9 Å². The van der Waals surface area contributed by atoms with Crippen LogP contribution in [0.2, 0.25) is 0 Å². The van der Waals surface area contributed by atoms with E-state index in [0.717, 1.165) is 16.8 Å². The van der Waals surface area contributed by atoms with E-state index in [9.17, 15) is 14.0 Å². The van der Waals surface area contributed by atoms with Crippen LogP contribution in [0, 0.1) is 19.7 Å². The van der Waals surface area contributed by atoms with Gasteiger partial charge in [-0.25, -0.2) is 4.39 Å². The zero-order valence-electron chi connectivity index (χ0n) is 18.5. The third-order valence-corrected chi connectivity index (χ3v) is 6.93. The van der Waals surface area contributed by atoms with Crippen molar-refractivity contribution in [1.82, 2.24) is 20.1 Å². The predicted octanol–water partition coefficient (Wildman–Crippen LogP) is 4.75. The lowest BCUT2D eigenvalue weighted by molar-refractivity contribution is -0.113. The molecule has 0 aliphatic rings. The first-order valence-electron chi connectivity index (χ1n) is 10.4. The molecule has 0 aliphatic carbocycles. The molecule has 0 spiro atoms. The number of nitrogens with one attached hydrogen (secondary N) is 2. The number of halogens is 1. The van der Waals surface area contributed by atoms with E-state index in [2.05, 4.69) is 20.8 Å². The van der Waals surface area contributed by atoms with Crippen LogP contribution in [0.15, 0.2) is 65.1 Å². The van der Waals surface area contributed by atoms with Crippen molar-refractivity contribution in [2.24, 2.45) is 0 Å². The quantitative estimate of drug-likeness (QED) is 0.345. The van der Waals surface area contributed by atoms with Gasteiger partial charge in [0, 0.05) is 5.69 Å². The first-order chi connectivity index (χ1) is 16.4. The molecule has 34 heavy (non-hydrogen) atoms. The molecule has 2 aromatic heterocycles. The number of thioether (sulfide) groups is 1. The number of nitrogens with zero attached hydrogens (tertiary/aromatic N) is 3. The summed E-state index contributed by atoms with van der Waals surface area (Å²) in [7, 11) is 0. The Morgan fingerprint density at radius 2 is 1.85 bits per heavy atom. The normalized spacial score (nSPS) is 10.8. The zero-order chi connectivity index (χ0) is 24.1. The Hall–Kier alpha value is -3.50. The Balaban J connectivity index is 1.54. The lowest BCUT2D eigenvalue weighted by atomic mass is 10.1. The van der Waals surface area contributed by atoms with Gasteiger partial charge in [0.2, 0.25) is 5.91 Å². The number of carbonyl (C=O) groups excluding carboxylic acids is 2. The van der Waals surface area contributed by atoms with Gasteiger partial charge in [-0.1, -0.05) is 30.0 Å². The van der Waals surface area contributed by atoms with Gasteiger partial charge in [0.1, 0.15) is 5.82 Å². The third-order valence-electron chi connectivity index (χ3n) is 5.13. The van der Waals surface area contributed by atoms with Crippen LogP contribution in [0.1, 0.15) is 26.6 Å². The number of benzene rings is 2. The minimum absolute atomic E-state index is 0.0852. The molecular formula is C24H22FN5O2S2. The number of aryl methyl sites for hydroxylation is 1. The Labute approximate surface area is 204 Å². The van der Waals surface area contributed by atoms with E-state index in [1.807, 2.05) is 48.1 Å². The van der Waals surface area contributed by atoms with Crippen molar-refractivity contribution in [2.75, 3.05) is 11.1 Å². The van der Waals surface area contributed by atoms with Crippen molar-refractivity contribution in [3.63, 3.8) is 0 Å². The second-order valence-corrected chi connectivity index (χ2v) is 9.35. The van der Waals surface area contributed by atoms with E-state index in [4.69, 9.17) is 0 Å². The molecule has 0 saturated heterocycles. The number of thiophene rings is 1. The fourth-order valence-electron chi connectivity index (χ4n) is 3.24. The summed E-state index contributed by atoms with van der Waals surface area (Å²) in [6.45, 7) is 4.21. The summed E-state index contributed by atoms with van der Waals surface area (Å²) in [4.78, 5) is 25.5. The molecule has 10 heteroatoms. The summed E-state index contributed by atoms with van der Waals surface area (Å²) in [6.07, 6.45) is 0. The average molecular weight is 496 g/mol. The molecule has 2 aromatic carbocycles. The van der Waals surface area contributed by atoms with E-state index in [1.165, 1.54) is 47.4 Å². The van der Waals surface area contributed by atoms with Gasteiger partial charge >= 0.3 is 0 Å². The monoisotopic (exact) mass is 495 g/mol. The van der Waals surface area contributed by atoms with E-state index >= 15 is 0 Å². The molecule has 0 fully saturated rings. The highest BCUT2D eigenvalue weighted by atomic mass is 32.2. The molecule has 174 valence electrons. The van der Waals surface area contributed by atoms with E-state index in [0.29, 0.717) is 21.5 Å². The molecule has 2 heterocycles. The topological polar surface area (TPSA) is 88.9 Å². The van der Waals surface area contributed by atoms with Crippen molar-refractivity contribution in [1.29, 1.82) is 0 Å². The van der Waals surface area contributed by atoms with Gasteiger partial charge in [0.15, 0.2) is 11.0 Å². The van der Waals surface area contributed by atoms with Crippen LogP contribution in [0.25, 0.3) is 5.69 Å². The van der Waals surface area contributed by atoms with Gasteiger partial charge in [-0.15, -0.1) is 21.5 Å². The number of hydrogen-bond donors (Lipinski definition) is 2. The van der Waals surface area contributed by atoms with E-state index < -0.39 is 0 Å². The van der Waals surface area contributed by atoms with E-state index in [1.54, 1.807) is 6.07 Å². The summed E-state index contributed by atoms with van der Waals surface area (Å²) < 4.78 is 15.0. The van der Waals surface area contributed by atoms with Gasteiger partial charge in [-0.05, 0) is 66.8 Å². The van der Waals surface area contributed by atoms with Crippen LogP contribution >= 0.6 is 23.1 Å².